The van der Waals surface area contributed by atoms with Gasteiger partial charge < -0.3 is 4.84 Å². The summed E-state index contributed by atoms with van der Waals surface area (Å²) in [7, 11) is 0. The highest BCUT2D eigenvalue weighted by Gasteiger charge is 2.28. The van der Waals surface area contributed by atoms with Crippen LogP contribution in [0.4, 0.5) is 0 Å². The third kappa shape index (κ3) is 4.34. The minimum absolute atomic E-state index is 0.129. The number of piperidine rings is 1. The average molecular weight is 245 g/mol. The van der Waals surface area contributed by atoms with Crippen molar-refractivity contribution in [1.82, 2.24) is 5.06 Å². The van der Waals surface area contributed by atoms with E-state index >= 15 is 0 Å². The Kier molecular flexibility index (Phi) is 5.12. The maximum Gasteiger partial charge on any atom is 0.330 e. The highest BCUT2D eigenvalue weighted by Crippen LogP contribution is 2.22. The molecule has 1 aliphatic rings. The van der Waals surface area contributed by atoms with Gasteiger partial charge in [-0.3, -0.25) is 0 Å². The van der Waals surface area contributed by atoms with Crippen LogP contribution >= 0.6 is 11.8 Å². The van der Waals surface area contributed by atoms with Crippen LogP contribution in [-0.4, -0.2) is 36.1 Å². The van der Waals surface area contributed by atoms with Crippen molar-refractivity contribution in [1.29, 1.82) is 0 Å². The standard InChI is InChI=1S/C12H23NO2S/c1-12(2,3)11(14)15-13-7-5-10(6-8-13)9-16-4/h10H,5-9H2,1-4H3. The van der Waals surface area contributed by atoms with Crippen LogP contribution in [0.3, 0.4) is 0 Å². The first-order valence-electron chi connectivity index (χ1n) is 5.89. The lowest BCUT2D eigenvalue weighted by atomic mass is 9.97. The fourth-order valence-corrected chi connectivity index (χ4v) is 2.46. The van der Waals surface area contributed by atoms with E-state index in [9.17, 15) is 4.79 Å². The Labute approximate surface area is 103 Å². The second kappa shape index (κ2) is 5.92. The zero-order valence-corrected chi connectivity index (χ0v) is 11.6. The number of hydrogen-bond acceptors (Lipinski definition) is 4. The summed E-state index contributed by atoms with van der Waals surface area (Å²) in [5.41, 5.74) is -0.407. The Bertz CT molecular complexity index is 230. The first-order chi connectivity index (χ1) is 7.43. The number of thioether (sulfide) groups is 1. The molecule has 0 bridgehead atoms. The average Bonchev–Trinajstić information content (AvgIpc) is 2.20. The smallest absolute Gasteiger partial charge is 0.330 e. The van der Waals surface area contributed by atoms with Gasteiger partial charge in [-0.25, -0.2) is 4.79 Å². The molecule has 0 spiro atoms. The molecule has 0 N–H and O–H groups in total. The molecule has 1 heterocycles. The van der Waals surface area contributed by atoms with Gasteiger partial charge in [-0.05, 0) is 51.5 Å². The number of rotatable bonds is 3. The molecule has 0 aromatic heterocycles. The topological polar surface area (TPSA) is 29.5 Å². The summed E-state index contributed by atoms with van der Waals surface area (Å²) in [6.07, 6.45) is 4.42. The molecule has 94 valence electrons. The maximum atomic E-state index is 11.7. The van der Waals surface area contributed by atoms with Gasteiger partial charge in [0.05, 0.1) is 5.41 Å². The number of carbonyl (C=O) groups excluding carboxylic acids is 1. The molecule has 0 aromatic rings. The van der Waals surface area contributed by atoms with Crippen molar-refractivity contribution in [2.75, 3.05) is 25.1 Å². The van der Waals surface area contributed by atoms with E-state index in [0.717, 1.165) is 31.8 Å². The van der Waals surface area contributed by atoms with Gasteiger partial charge in [-0.1, -0.05) is 0 Å². The molecular weight excluding hydrogens is 222 g/mol. The molecule has 0 amide bonds. The molecule has 1 aliphatic heterocycles. The van der Waals surface area contributed by atoms with Crippen molar-refractivity contribution in [2.24, 2.45) is 11.3 Å². The zero-order valence-electron chi connectivity index (χ0n) is 10.8. The van der Waals surface area contributed by atoms with Crippen molar-refractivity contribution < 1.29 is 9.63 Å². The molecular formula is C12H23NO2S. The molecule has 1 rings (SSSR count). The van der Waals surface area contributed by atoms with E-state index in [0.29, 0.717) is 0 Å². The molecule has 0 aromatic carbocycles. The lowest BCUT2D eigenvalue weighted by Gasteiger charge is -2.31. The molecule has 1 saturated heterocycles. The van der Waals surface area contributed by atoms with E-state index in [4.69, 9.17) is 4.84 Å². The highest BCUT2D eigenvalue weighted by atomic mass is 32.2. The van der Waals surface area contributed by atoms with Crippen molar-refractivity contribution in [3.63, 3.8) is 0 Å². The normalized spacial score (nSPS) is 19.8. The van der Waals surface area contributed by atoms with Gasteiger partial charge in [0.15, 0.2) is 0 Å². The van der Waals surface area contributed by atoms with Gasteiger partial charge in [0, 0.05) is 13.1 Å². The quantitative estimate of drug-likeness (QED) is 0.764. The third-order valence-corrected chi connectivity index (χ3v) is 3.60. The Hall–Kier alpha value is -0.220. The van der Waals surface area contributed by atoms with Crippen molar-refractivity contribution in [3.8, 4) is 0 Å². The fraction of sp³-hybridized carbons (Fsp3) is 0.917. The summed E-state index contributed by atoms with van der Waals surface area (Å²) >= 11 is 1.90. The molecule has 0 atom stereocenters. The molecule has 0 saturated carbocycles. The summed E-state index contributed by atoms with van der Waals surface area (Å²) < 4.78 is 0. The maximum absolute atomic E-state index is 11.7. The van der Waals surface area contributed by atoms with Gasteiger partial charge in [0.25, 0.3) is 0 Å². The minimum Gasteiger partial charge on any atom is -0.367 e. The van der Waals surface area contributed by atoms with E-state index in [1.807, 2.05) is 37.6 Å². The summed E-state index contributed by atoms with van der Waals surface area (Å²) in [4.78, 5) is 17.0. The Morgan fingerprint density at radius 1 is 1.38 bits per heavy atom. The van der Waals surface area contributed by atoms with E-state index in [1.54, 1.807) is 0 Å². The summed E-state index contributed by atoms with van der Waals surface area (Å²) in [5, 5.41) is 1.82. The van der Waals surface area contributed by atoms with Gasteiger partial charge >= 0.3 is 5.97 Å². The summed E-state index contributed by atoms with van der Waals surface area (Å²) in [6.45, 7) is 7.42. The van der Waals surface area contributed by atoms with Gasteiger partial charge in [-0.2, -0.15) is 11.8 Å². The second-order valence-corrected chi connectivity index (χ2v) is 6.37. The molecule has 3 nitrogen and oxygen atoms in total. The molecule has 1 fully saturated rings. The second-order valence-electron chi connectivity index (χ2n) is 5.46. The molecule has 0 aliphatic carbocycles. The number of nitrogens with zero attached hydrogens (tertiary/aromatic N) is 1. The van der Waals surface area contributed by atoms with Crippen LogP contribution in [0.5, 0.6) is 0 Å². The van der Waals surface area contributed by atoms with Crippen LogP contribution < -0.4 is 0 Å². The van der Waals surface area contributed by atoms with E-state index in [1.165, 1.54) is 5.75 Å². The van der Waals surface area contributed by atoms with Crippen LogP contribution in [0.1, 0.15) is 33.6 Å². The molecule has 16 heavy (non-hydrogen) atoms. The van der Waals surface area contributed by atoms with Crippen molar-refractivity contribution in [3.05, 3.63) is 0 Å². The first kappa shape index (κ1) is 13.8. The van der Waals surface area contributed by atoms with Crippen LogP contribution in [0.15, 0.2) is 0 Å². The number of carbonyl (C=O) groups is 1. The van der Waals surface area contributed by atoms with Crippen LogP contribution in [0, 0.1) is 11.3 Å². The lowest BCUT2D eigenvalue weighted by Crippen LogP contribution is -2.39. The number of hydrogen-bond donors (Lipinski definition) is 0. The summed E-state index contributed by atoms with van der Waals surface area (Å²) in [5.74, 6) is 1.89. The minimum atomic E-state index is -0.407. The van der Waals surface area contributed by atoms with E-state index < -0.39 is 5.41 Å². The van der Waals surface area contributed by atoms with Gasteiger partial charge in [-0.15, -0.1) is 5.06 Å². The predicted molar refractivity (Wildman–Crippen MR) is 68.2 cm³/mol. The molecule has 0 radical (unpaired) electrons. The van der Waals surface area contributed by atoms with E-state index in [-0.39, 0.29) is 5.97 Å². The fourth-order valence-electron chi connectivity index (χ4n) is 1.66. The van der Waals surface area contributed by atoms with Crippen LogP contribution in [0.2, 0.25) is 0 Å². The monoisotopic (exact) mass is 245 g/mol. The molecule has 0 unspecified atom stereocenters. The van der Waals surface area contributed by atoms with Crippen molar-refractivity contribution >= 4 is 17.7 Å². The Morgan fingerprint density at radius 3 is 2.38 bits per heavy atom. The highest BCUT2D eigenvalue weighted by molar-refractivity contribution is 7.98. The van der Waals surface area contributed by atoms with Crippen LogP contribution in [-0.2, 0) is 9.63 Å². The zero-order chi connectivity index (χ0) is 12.2. The van der Waals surface area contributed by atoms with E-state index in [2.05, 4.69) is 6.26 Å². The van der Waals surface area contributed by atoms with Crippen LogP contribution in [0.25, 0.3) is 0 Å². The third-order valence-electron chi connectivity index (χ3n) is 2.80. The Balaban J connectivity index is 2.30. The SMILES string of the molecule is CSCC1CCN(OC(=O)C(C)(C)C)CC1. The first-order valence-corrected chi connectivity index (χ1v) is 7.29. The Morgan fingerprint density at radius 2 is 1.94 bits per heavy atom. The summed E-state index contributed by atoms with van der Waals surface area (Å²) in [6, 6.07) is 0. The largest absolute Gasteiger partial charge is 0.367 e. The van der Waals surface area contributed by atoms with Gasteiger partial charge in [0.1, 0.15) is 0 Å². The van der Waals surface area contributed by atoms with Gasteiger partial charge in [0.2, 0.25) is 0 Å². The number of hydroxylamine groups is 2. The van der Waals surface area contributed by atoms with Crippen molar-refractivity contribution in [2.45, 2.75) is 33.6 Å². The lowest BCUT2D eigenvalue weighted by molar-refractivity contribution is -0.205. The predicted octanol–water partition coefficient (Wildman–Crippen LogP) is 2.57. The molecule has 4 heteroatoms.